The van der Waals surface area contributed by atoms with Crippen molar-refractivity contribution in [1.29, 1.82) is 0 Å². The van der Waals surface area contributed by atoms with Gasteiger partial charge in [-0.15, -0.1) is 11.3 Å². The van der Waals surface area contributed by atoms with Crippen LogP contribution in [0, 0.1) is 6.92 Å². The lowest BCUT2D eigenvalue weighted by molar-refractivity contribution is 0.432. The Morgan fingerprint density at radius 3 is 2.38 bits per heavy atom. The molecule has 0 bridgehead atoms. The molecule has 0 N–H and O–H groups in total. The van der Waals surface area contributed by atoms with Gasteiger partial charge in [-0.1, -0.05) is 52.0 Å². The van der Waals surface area contributed by atoms with Crippen LogP contribution in [0.5, 0.6) is 0 Å². The Balaban J connectivity index is 2.25. The summed E-state index contributed by atoms with van der Waals surface area (Å²) < 4.78 is 14.5. The molecule has 0 fully saturated rings. The number of halogens is 1. The van der Waals surface area contributed by atoms with Gasteiger partial charge in [0.2, 0.25) is 0 Å². The van der Waals surface area contributed by atoms with Crippen LogP contribution in [-0.4, -0.2) is 16.2 Å². The van der Waals surface area contributed by atoms with Crippen LogP contribution >= 0.6 is 11.3 Å². The summed E-state index contributed by atoms with van der Waals surface area (Å²) in [6.07, 6.45) is 0.609. The van der Waals surface area contributed by atoms with E-state index >= 15 is 0 Å². The second-order valence-electron chi connectivity index (χ2n) is 7.57. The van der Waals surface area contributed by atoms with Crippen LogP contribution in [0.2, 0.25) is 0 Å². The molecule has 0 atom stereocenters. The van der Waals surface area contributed by atoms with Gasteiger partial charge in [-0.25, -0.2) is 9.37 Å². The fourth-order valence-corrected chi connectivity index (χ4v) is 4.36. The Kier molecular flexibility index (Phi) is 5.02. The molecule has 0 saturated carbocycles. The summed E-state index contributed by atoms with van der Waals surface area (Å²) >= 11 is 1.54. The summed E-state index contributed by atoms with van der Waals surface area (Å²) in [5, 5.41) is 0.613. The third kappa shape index (κ3) is 3.20. The van der Waals surface area contributed by atoms with Crippen molar-refractivity contribution < 1.29 is 4.39 Å². The van der Waals surface area contributed by atoms with Gasteiger partial charge in [-0.05, 0) is 23.5 Å². The Morgan fingerprint density at radius 1 is 1.19 bits per heavy atom. The maximum absolute atomic E-state index is 13.1. The highest BCUT2D eigenvalue weighted by Gasteiger charge is 2.20. The van der Waals surface area contributed by atoms with Gasteiger partial charge in [-0.3, -0.25) is 9.36 Å². The van der Waals surface area contributed by atoms with E-state index in [-0.39, 0.29) is 17.5 Å². The summed E-state index contributed by atoms with van der Waals surface area (Å²) in [7, 11) is 0. The monoisotopic (exact) mass is 372 g/mol. The molecule has 0 aliphatic rings. The quantitative estimate of drug-likeness (QED) is 0.626. The smallest absolute Gasteiger partial charge is 0.263 e. The van der Waals surface area contributed by atoms with Crippen molar-refractivity contribution in [2.24, 2.45) is 0 Å². The number of aryl methyl sites for hydroxylation is 2. The highest BCUT2D eigenvalue weighted by molar-refractivity contribution is 7.19. The SMILES string of the molecule is CCc1nc2sc(C)c(-c3ccc(C(C)(C)C)cc3)c2c(=O)n1CCF. The summed E-state index contributed by atoms with van der Waals surface area (Å²) in [5.41, 5.74) is 3.13. The third-order valence-electron chi connectivity index (χ3n) is 4.73. The molecule has 2 heterocycles. The zero-order valence-electron chi connectivity index (χ0n) is 16.0. The van der Waals surface area contributed by atoms with Crippen molar-refractivity contribution in [2.75, 3.05) is 6.67 Å². The first-order chi connectivity index (χ1) is 12.3. The van der Waals surface area contributed by atoms with E-state index in [9.17, 15) is 9.18 Å². The standard InChI is InChI=1S/C21H25FN2OS/c1-6-16-23-19-18(20(25)24(16)12-11-22)17(13(2)26-19)14-7-9-15(10-8-14)21(3,4)5/h7-10H,6,11-12H2,1-5H3. The average Bonchev–Trinajstić information content (AvgIpc) is 2.93. The molecule has 0 aliphatic heterocycles. The molecule has 0 radical (unpaired) electrons. The third-order valence-corrected chi connectivity index (χ3v) is 5.73. The summed E-state index contributed by atoms with van der Waals surface area (Å²) in [4.78, 5) is 19.6. The fraction of sp³-hybridized carbons (Fsp3) is 0.429. The summed E-state index contributed by atoms with van der Waals surface area (Å²) in [5.74, 6) is 0.649. The van der Waals surface area contributed by atoms with Crippen LogP contribution < -0.4 is 5.56 Å². The van der Waals surface area contributed by atoms with Crippen molar-refractivity contribution in [2.45, 2.75) is 53.0 Å². The second-order valence-corrected chi connectivity index (χ2v) is 8.77. The topological polar surface area (TPSA) is 34.9 Å². The minimum atomic E-state index is -0.571. The van der Waals surface area contributed by atoms with Crippen LogP contribution in [0.25, 0.3) is 21.3 Å². The number of benzene rings is 1. The molecule has 5 heteroatoms. The number of hydrogen-bond donors (Lipinski definition) is 0. The Morgan fingerprint density at radius 2 is 1.85 bits per heavy atom. The van der Waals surface area contributed by atoms with E-state index in [1.165, 1.54) is 21.5 Å². The maximum atomic E-state index is 13.1. The summed E-state index contributed by atoms with van der Waals surface area (Å²) in [6.45, 7) is 9.98. The van der Waals surface area contributed by atoms with Crippen molar-refractivity contribution in [3.8, 4) is 11.1 Å². The molecule has 138 valence electrons. The van der Waals surface area contributed by atoms with Gasteiger partial charge in [0.05, 0.1) is 11.9 Å². The zero-order valence-corrected chi connectivity index (χ0v) is 16.8. The van der Waals surface area contributed by atoms with Gasteiger partial charge >= 0.3 is 0 Å². The van der Waals surface area contributed by atoms with E-state index in [1.54, 1.807) is 0 Å². The Hall–Kier alpha value is -2.01. The first kappa shape index (κ1) is 18.8. The number of fused-ring (bicyclic) bond motifs is 1. The first-order valence-corrected chi connectivity index (χ1v) is 9.79. The van der Waals surface area contributed by atoms with E-state index in [2.05, 4.69) is 50.0 Å². The molecular weight excluding hydrogens is 347 g/mol. The van der Waals surface area contributed by atoms with Gasteiger partial charge in [0.25, 0.3) is 5.56 Å². The average molecular weight is 373 g/mol. The minimum Gasteiger partial charge on any atom is -0.293 e. The van der Waals surface area contributed by atoms with E-state index in [0.29, 0.717) is 17.6 Å². The molecule has 0 amide bonds. The van der Waals surface area contributed by atoms with E-state index in [0.717, 1.165) is 20.8 Å². The highest BCUT2D eigenvalue weighted by Crippen LogP contribution is 2.36. The van der Waals surface area contributed by atoms with Crippen molar-refractivity contribution >= 4 is 21.6 Å². The minimum absolute atomic E-state index is 0.0578. The molecular formula is C21H25FN2OS. The Labute approximate surface area is 157 Å². The molecule has 0 spiro atoms. The first-order valence-electron chi connectivity index (χ1n) is 8.97. The fourth-order valence-electron chi connectivity index (χ4n) is 3.31. The molecule has 0 saturated heterocycles. The van der Waals surface area contributed by atoms with Crippen molar-refractivity contribution in [1.82, 2.24) is 9.55 Å². The number of thiophene rings is 1. The lowest BCUT2D eigenvalue weighted by Crippen LogP contribution is -2.25. The van der Waals surface area contributed by atoms with Crippen LogP contribution in [0.15, 0.2) is 29.1 Å². The van der Waals surface area contributed by atoms with Gasteiger partial charge in [0.1, 0.15) is 17.3 Å². The highest BCUT2D eigenvalue weighted by atomic mass is 32.1. The number of rotatable bonds is 4. The van der Waals surface area contributed by atoms with Crippen LogP contribution in [0.3, 0.4) is 0 Å². The number of aromatic nitrogens is 2. The van der Waals surface area contributed by atoms with Gasteiger partial charge < -0.3 is 0 Å². The molecule has 1 aromatic carbocycles. The van der Waals surface area contributed by atoms with Crippen LogP contribution in [-0.2, 0) is 18.4 Å². The van der Waals surface area contributed by atoms with Gasteiger partial charge in [0.15, 0.2) is 0 Å². The van der Waals surface area contributed by atoms with E-state index in [1.807, 2.05) is 13.8 Å². The Bertz CT molecular complexity index is 994. The number of nitrogens with zero attached hydrogens (tertiary/aromatic N) is 2. The number of alkyl halides is 1. The lowest BCUT2D eigenvalue weighted by atomic mass is 9.86. The lowest BCUT2D eigenvalue weighted by Gasteiger charge is -2.19. The number of hydrogen-bond acceptors (Lipinski definition) is 3. The van der Waals surface area contributed by atoms with E-state index in [4.69, 9.17) is 0 Å². The summed E-state index contributed by atoms with van der Waals surface area (Å²) in [6, 6.07) is 8.38. The maximum Gasteiger partial charge on any atom is 0.263 e. The zero-order chi connectivity index (χ0) is 19.1. The molecule has 3 nitrogen and oxygen atoms in total. The van der Waals surface area contributed by atoms with Crippen LogP contribution in [0.4, 0.5) is 4.39 Å². The van der Waals surface area contributed by atoms with E-state index < -0.39 is 6.67 Å². The molecule has 3 rings (SSSR count). The predicted octanol–water partition coefficient (Wildman–Crippen LogP) is 5.26. The van der Waals surface area contributed by atoms with Crippen molar-refractivity contribution in [3.05, 3.63) is 50.9 Å². The predicted molar refractivity (Wildman–Crippen MR) is 108 cm³/mol. The van der Waals surface area contributed by atoms with Crippen molar-refractivity contribution in [3.63, 3.8) is 0 Å². The molecule has 2 aromatic heterocycles. The molecule has 0 unspecified atom stereocenters. The van der Waals surface area contributed by atoms with Crippen LogP contribution in [0.1, 0.15) is 44.0 Å². The molecule has 3 aromatic rings. The largest absolute Gasteiger partial charge is 0.293 e. The normalized spacial score (nSPS) is 12.1. The van der Waals surface area contributed by atoms with Gasteiger partial charge in [0, 0.05) is 16.9 Å². The second kappa shape index (κ2) is 6.95. The molecule has 26 heavy (non-hydrogen) atoms. The molecule has 0 aliphatic carbocycles. The van der Waals surface area contributed by atoms with Gasteiger partial charge in [-0.2, -0.15) is 0 Å².